The Labute approximate surface area is 122 Å². The summed E-state index contributed by atoms with van der Waals surface area (Å²) in [6.07, 6.45) is 0.996. The van der Waals surface area contributed by atoms with Crippen molar-refractivity contribution in [2.75, 3.05) is 12.4 Å². The van der Waals surface area contributed by atoms with E-state index in [1.807, 2.05) is 30.3 Å². The number of hydrogen-bond donors (Lipinski definition) is 1. The molecule has 3 heteroatoms. The summed E-state index contributed by atoms with van der Waals surface area (Å²) in [4.78, 5) is 0. The molecule has 1 atom stereocenters. The molecule has 0 saturated heterocycles. The van der Waals surface area contributed by atoms with E-state index in [0.29, 0.717) is 0 Å². The molecule has 2 nitrogen and oxygen atoms in total. The minimum absolute atomic E-state index is 0.248. The summed E-state index contributed by atoms with van der Waals surface area (Å²) in [7, 11) is 1.71. The molecule has 0 aromatic heterocycles. The summed E-state index contributed by atoms with van der Waals surface area (Å²) in [5.74, 6) is 0.930. The first-order valence-electron chi connectivity index (χ1n) is 6.39. The molecule has 0 radical (unpaired) electrons. The largest absolute Gasteiger partial charge is 0.496 e. The zero-order valence-electron chi connectivity index (χ0n) is 11.2. The van der Waals surface area contributed by atoms with Crippen LogP contribution in [0.1, 0.15) is 24.9 Å². The Morgan fingerprint density at radius 2 is 1.79 bits per heavy atom. The standard InChI is InChI=1S/C16H18BrNO/c1-3-15(14-6-4-5-7-16(14)19-2)18-13-10-8-12(17)9-11-13/h4-11,15,18H,3H2,1-2H3. The van der Waals surface area contributed by atoms with Gasteiger partial charge in [-0.3, -0.25) is 0 Å². The lowest BCUT2D eigenvalue weighted by Gasteiger charge is -2.21. The topological polar surface area (TPSA) is 21.3 Å². The Morgan fingerprint density at radius 1 is 1.11 bits per heavy atom. The summed E-state index contributed by atoms with van der Waals surface area (Å²) < 4.78 is 6.52. The molecule has 100 valence electrons. The number of methoxy groups -OCH3 is 1. The molecule has 1 unspecified atom stereocenters. The highest BCUT2D eigenvalue weighted by Gasteiger charge is 2.13. The van der Waals surface area contributed by atoms with Gasteiger partial charge in [-0.15, -0.1) is 0 Å². The molecule has 0 aliphatic rings. The number of rotatable bonds is 5. The molecule has 0 amide bonds. The number of para-hydroxylation sites is 1. The molecule has 2 rings (SSSR count). The second-order valence-electron chi connectivity index (χ2n) is 4.35. The number of nitrogens with one attached hydrogen (secondary N) is 1. The molecule has 2 aromatic carbocycles. The summed E-state index contributed by atoms with van der Waals surface area (Å²) >= 11 is 3.45. The van der Waals surface area contributed by atoms with Crippen molar-refractivity contribution in [1.29, 1.82) is 0 Å². The van der Waals surface area contributed by atoms with E-state index in [4.69, 9.17) is 4.74 Å². The third kappa shape index (κ3) is 3.51. The molecule has 0 fully saturated rings. The summed E-state index contributed by atoms with van der Waals surface area (Å²) in [6.45, 7) is 2.17. The van der Waals surface area contributed by atoms with Crippen LogP contribution in [0.3, 0.4) is 0 Å². The van der Waals surface area contributed by atoms with Crippen molar-refractivity contribution >= 4 is 21.6 Å². The number of hydrogen-bond acceptors (Lipinski definition) is 2. The van der Waals surface area contributed by atoms with Crippen molar-refractivity contribution in [3.8, 4) is 5.75 Å². The monoisotopic (exact) mass is 319 g/mol. The van der Waals surface area contributed by atoms with Crippen LogP contribution in [0.15, 0.2) is 53.0 Å². The maximum absolute atomic E-state index is 5.44. The Morgan fingerprint density at radius 3 is 2.42 bits per heavy atom. The van der Waals surface area contributed by atoms with E-state index in [9.17, 15) is 0 Å². The van der Waals surface area contributed by atoms with E-state index in [-0.39, 0.29) is 6.04 Å². The van der Waals surface area contributed by atoms with E-state index >= 15 is 0 Å². The van der Waals surface area contributed by atoms with E-state index in [2.05, 4.69) is 46.4 Å². The van der Waals surface area contributed by atoms with Gasteiger partial charge >= 0.3 is 0 Å². The van der Waals surface area contributed by atoms with Crippen LogP contribution in [0.4, 0.5) is 5.69 Å². The Bertz CT molecular complexity index is 525. The van der Waals surface area contributed by atoms with Gasteiger partial charge in [0.1, 0.15) is 5.75 Å². The van der Waals surface area contributed by atoms with Gasteiger partial charge in [-0.25, -0.2) is 0 Å². The first-order chi connectivity index (χ1) is 9.24. The quantitative estimate of drug-likeness (QED) is 0.835. The van der Waals surface area contributed by atoms with Gasteiger partial charge in [-0.1, -0.05) is 41.1 Å². The predicted octanol–water partition coefficient (Wildman–Crippen LogP) is 5.02. The fourth-order valence-corrected chi connectivity index (χ4v) is 2.37. The average molecular weight is 320 g/mol. The van der Waals surface area contributed by atoms with Crippen LogP contribution in [0.25, 0.3) is 0 Å². The lowest BCUT2D eigenvalue weighted by molar-refractivity contribution is 0.406. The van der Waals surface area contributed by atoms with Gasteiger partial charge in [0.15, 0.2) is 0 Å². The minimum Gasteiger partial charge on any atom is -0.496 e. The minimum atomic E-state index is 0.248. The second-order valence-corrected chi connectivity index (χ2v) is 5.27. The first-order valence-corrected chi connectivity index (χ1v) is 7.19. The van der Waals surface area contributed by atoms with Crippen LogP contribution < -0.4 is 10.1 Å². The van der Waals surface area contributed by atoms with Crippen molar-refractivity contribution in [2.45, 2.75) is 19.4 Å². The van der Waals surface area contributed by atoms with Crippen LogP contribution in [0, 0.1) is 0 Å². The molecule has 1 N–H and O–H groups in total. The van der Waals surface area contributed by atoms with Crippen molar-refractivity contribution in [1.82, 2.24) is 0 Å². The van der Waals surface area contributed by atoms with E-state index in [1.165, 1.54) is 5.56 Å². The molecular weight excluding hydrogens is 302 g/mol. The average Bonchev–Trinajstić information content (AvgIpc) is 2.46. The summed E-state index contributed by atoms with van der Waals surface area (Å²) in [6, 6.07) is 16.6. The fraction of sp³-hybridized carbons (Fsp3) is 0.250. The van der Waals surface area contributed by atoms with Crippen LogP contribution in [-0.4, -0.2) is 7.11 Å². The van der Waals surface area contributed by atoms with Crippen molar-refractivity contribution < 1.29 is 4.74 Å². The van der Waals surface area contributed by atoms with Crippen LogP contribution in [0.5, 0.6) is 5.75 Å². The van der Waals surface area contributed by atoms with Crippen LogP contribution in [-0.2, 0) is 0 Å². The molecule has 0 heterocycles. The zero-order chi connectivity index (χ0) is 13.7. The van der Waals surface area contributed by atoms with E-state index < -0.39 is 0 Å². The Balaban J connectivity index is 2.22. The summed E-state index contributed by atoms with van der Waals surface area (Å²) in [5, 5.41) is 3.55. The van der Waals surface area contributed by atoms with Gasteiger partial charge in [0, 0.05) is 15.7 Å². The van der Waals surface area contributed by atoms with Crippen molar-refractivity contribution in [3.05, 3.63) is 58.6 Å². The highest BCUT2D eigenvalue weighted by molar-refractivity contribution is 9.10. The first kappa shape index (κ1) is 13.9. The number of anilines is 1. The molecule has 0 saturated carbocycles. The maximum atomic E-state index is 5.44. The molecule has 2 aromatic rings. The lowest BCUT2D eigenvalue weighted by atomic mass is 10.0. The van der Waals surface area contributed by atoms with E-state index in [0.717, 1.165) is 22.3 Å². The normalized spacial score (nSPS) is 11.9. The predicted molar refractivity (Wildman–Crippen MR) is 83.8 cm³/mol. The third-order valence-corrected chi connectivity index (χ3v) is 3.64. The molecule has 0 aliphatic heterocycles. The Kier molecular flexibility index (Phi) is 4.86. The van der Waals surface area contributed by atoms with Crippen molar-refractivity contribution in [3.63, 3.8) is 0 Å². The zero-order valence-corrected chi connectivity index (χ0v) is 12.8. The molecule has 0 aliphatic carbocycles. The van der Waals surface area contributed by atoms with Gasteiger partial charge in [0.25, 0.3) is 0 Å². The highest BCUT2D eigenvalue weighted by Crippen LogP contribution is 2.30. The highest BCUT2D eigenvalue weighted by atomic mass is 79.9. The SMILES string of the molecule is CCC(Nc1ccc(Br)cc1)c1ccccc1OC. The van der Waals surface area contributed by atoms with Gasteiger partial charge in [0.2, 0.25) is 0 Å². The van der Waals surface area contributed by atoms with Gasteiger partial charge < -0.3 is 10.1 Å². The fourth-order valence-electron chi connectivity index (χ4n) is 2.10. The summed E-state index contributed by atoms with van der Waals surface area (Å²) in [5.41, 5.74) is 2.30. The molecule has 0 spiro atoms. The number of benzene rings is 2. The Hall–Kier alpha value is -1.48. The maximum Gasteiger partial charge on any atom is 0.124 e. The van der Waals surface area contributed by atoms with Gasteiger partial charge in [-0.05, 0) is 36.8 Å². The van der Waals surface area contributed by atoms with Gasteiger partial charge in [-0.2, -0.15) is 0 Å². The van der Waals surface area contributed by atoms with Crippen LogP contribution in [0.2, 0.25) is 0 Å². The number of ether oxygens (including phenoxy) is 1. The lowest BCUT2D eigenvalue weighted by Crippen LogP contribution is -2.10. The number of halogens is 1. The van der Waals surface area contributed by atoms with Crippen molar-refractivity contribution in [2.24, 2.45) is 0 Å². The van der Waals surface area contributed by atoms with Gasteiger partial charge in [0.05, 0.1) is 13.2 Å². The smallest absolute Gasteiger partial charge is 0.124 e. The second kappa shape index (κ2) is 6.62. The molecular formula is C16H18BrNO. The van der Waals surface area contributed by atoms with Crippen LogP contribution >= 0.6 is 15.9 Å². The van der Waals surface area contributed by atoms with E-state index in [1.54, 1.807) is 7.11 Å². The third-order valence-electron chi connectivity index (χ3n) is 3.11. The molecule has 19 heavy (non-hydrogen) atoms. The molecule has 0 bridgehead atoms.